The number of methoxy groups -OCH3 is 1. The number of fused-ring (bicyclic) bond motifs is 1. The summed E-state index contributed by atoms with van der Waals surface area (Å²) in [6, 6.07) is 7.32. The number of aromatic nitrogens is 2. The van der Waals surface area contributed by atoms with Gasteiger partial charge in [0, 0.05) is 6.54 Å². The average molecular weight is 473 g/mol. The maximum atomic E-state index is 13.2. The van der Waals surface area contributed by atoms with Gasteiger partial charge in [-0.1, -0.05) is 25.1 Å². The summed E-state index contributed by atoms with van der Waals surface area (Å²) in [6.07, 6.45) is 3.22. The summed E-state index contributed by atoms with van der Waals surface area (Å²) in [6.45, 7) is 2.57. The van der Waals surface area contributed by atoms with Crippen LogP contribution in [-0.4, -0.2) is 46.9 Å². The van der Waals surface area contributed by atoms with Crippen LogP contribution < -0.4 is 16.2 Å². The molecular weight excluding hydrogens is 448 g/mol. The second-order valence-corrected chi connectivity index (χ2v) is 7.98. The van der Waals surface area contributed by atoms with E-state index in [1.807, 2.05) is 6.92 Å². The highest BCUT2D eigenvalue weighted by molar-refractivity contribution is 7.99. The van der Waals surface area contributed by atoms with Crippen LogP contribution in [0.2, 0.25) is 0 Å². The molecule has 11 heteroatoms. The number of rotatable bonds is 9. The van der Waals surface area contributed by atoms with E-state index in [2.05, 4.69) is 15.6 Å². The van der Waals surface area contributed by atoms with Crippen LogP contribution in [0.3, 0.4) is 0 Å². The Morgan fingerprint density at radius 2 is 2.06 bits per heavy atom. The Kier molecular flexibility index (Phi) is 8.25. The molecule has 0 saturated heterocycles. The normalized spacial score (nSPS) is 10.7. The van der Waals surface area contributed by atoms with Crippen LogP contribution in [0.1, 0.15) is 35.9 Å². The first-order valence-electron chi connectivity index (χ1n) is 10.3. The number of nitrogens with zero attached hydrogens (tertiary/aromatic N) is 2. The van der Waals surface area contributed by atoms with Gasteiger partial charge >= 0.3 is 12.0 Å². The van der Waals surface area contributed by atoms with E-state index in [0.29, 0.717) is 23.2 Å². The van der Waals surface area contributed by atoms with E-state index < -0.39 is 17.9 Å². The van der Waals surface area contributed by atoms with E-state index >= 15 is 0 Å². The SMILES string of the molecule is CCCCNC(=O)NC(=O)CSc1nc2cc(C(=O)OC)ccc2c(=O)n1Cc1ccco1. The summed E-state index contributed by atoms with van der Waals surface area (Å²) in [5.41, 5.74) is 0.185. The molecule has 10 nitrogen and oxygen atoms in total. The van der Waals surface area contributed by atoms with E-state index in [9.17, 15) is 19.2 Å². The molecule has 0 aliphatic rings. The molecule has 0 saturated carbocycles. The Bertz CT molecular complexity index is 1210. The highest BCUT2D eigenvalue weighted by atomic mass is 32.2. The number of furan rings is 1. The van der Waals surface area contributed by atoms with Crippen molar-refractivity contribution in [3.05, 3.63) is 58.3 Å². The summed E-state index contributed by atoms with van der Waals surface area (Å²) < 4.78 is 11.5. The Balaban J connectivity index is 1.86. The Morgan fingerprint density at radius 3 is 2.76 bits per heavy atom. The van der Waals surface area contributed by atoms with Gasteiger partial charge in [0.25, 0.3) is 5.56 Å². The molecule has 3 rings (SSSR count). The summed E-state index contributed by atoms with van der Waals surface area (Å²) in [4.78, 5) is 53.6. The number of ether oxygens (including phenoxy) is 1. The van der Waals surface area contributed by atoms with Crippen LogP contribution in [0, 0.1) is 0 Å². The molecule has 2 aromatic heterocycles. The molecule has 2 heterocycles. The number of benzene rings is 1. The van der Waals surface area contributed by atoms with Gasteiger partial charge in [0.15, 0.2) is 5.16 Å². The number of carbonyl (C=O) groups excluding carboxylic acids is 3. The molecule has 2 N–H and O–H groups in total. The second kappa shape index (κ2) is 11.3. The van der Waals surface area contributed by atoms with Crippen molar-refractivity contribution in [2.24, 2.45) is 0 Å². The van der Waals surface area contributed by atoms with Crippen molar-refractivity contribution in [2.75, 3.05) is 19.4 Å². The minimum Gasteiger partial charge on any atom is -0.467 e. The molecule has 0 atom stereocenters. The van der Waals surface area contributed by atoms with Gasteiger partial charge in [0.1, 0.15) is 5.76 Å². The third kappa shape index (κ3) is 6.22. The number of amides is 3. The number of hydrogen-bond acceptors (Lipinski definition) is 8. The van der Waals surface area contributed by atoms with E-state index in [-0.39, 0.29) is 28.6 Å². The first-order valence-corrected chi connectivity index (χ1v) is 11.3. The van der Waals surface area contributed by atoms with Crippen molar-refractivity contribution >= 4 is 40.6 Å². The lowest BCUT2D eigenvalue weighted by Gasteiger charge is -2.12. The number of thioether (sulfide) groups is 1. The van der Waals surface area contributed by atoms with Gasteiger partial charge in [-0.05, 0) is 36.8 Å². The number of imide groups is 1. The Hall–Kier alpha value is -3.60. The summed E-state index contributed by atoms with van der Waals surface area (Å²) >= 11 is 0.998. The molecule has 0 spiro atoms. The standard InChI is InChI=1S/C22H24N4O6S/c1-3-4-9-23-21(30)25-18(27)13-33-22-24-17-11-14(20(29)31-2)7-8-16(17)19(28)26(22)12-15-6-5-10-32-15/h5-8,10-11H,3-4,9,12-13H2,1-2H3,(H2,23,25,27,30). The minimum absolute atomic E-state index is 0.106. The van der Waals surface area contributed by atoms with Gasteiger partial charge in [0.05, 0.1) is 42.1 Å². The fourth-order valence-corrected chi connectivity index (χ4v) is 3.77. The van der Waals surface area contributed by atoms with Crippen molar-refractivity contribution < 1.29 is 23.5 Å². The molecule has 0 aliphatic carbocycles. The third-order valence-electron chi connectivity index (χ3n) is 4.64. The van der Waals surface area contributed by atoms with Crippen molar-refractivity contribution in [3.8, 4) is 0 Å². The Morgan fingerprint density at radius 1 is 1.24 bits per heavy atom. The molecule has 3 amide bonds. The summed E-state index contributed by atoms with van der Waals surface area (Å²) in [5, 5.41) is 5.40. The van der Waals surface area contributed by atoms with E-state index in [0.717, 1.165) is 24.6 Å². The van der Waals surface area contributed by atoms with Crippen molar-refractivity contribution in [1.82, 2.24) is 20.2 Å². The zero-order valence-electron chi connectivity index (χ0n) is 18.3. The topological polar surface area (TPSA) is 133 Å². The van der Waals surface area contributed by atoms with Gasteiger partial charge in [-0.25, -0.2) is 14.6 Å². The van der Waals surface area contributed by atoms with Crippen LogP contribution in [0.25, 0.3) is 10.9 Å². The van der Waals surface area contributed by atoms with Gasteiger partial charge in [-0.15, -0.1) is 0 Å². The Labute approximate surface area is 193 Å². The number of unbranched alkanes of at least 4 members (excludes halogenated alkanes) is 1. The number of carbonyl (C=O) groups is 3. The lowest BCUT2D eigenvalue weighted by Crippen LogP contribution is -2.40. The number of hydrogen-bond donors (Lipinski definition) is 2. The van der Waals surface area contributed by atoms with Gasteiger partial charge in [-0.3, -0.25) is 19.5 Å². The maximum Gasteiger partial charge on any atom is 0.337 e. The van der Waals surface area contributed by atoms with Crippen molar-refractivity contribution in [3.63, 3.8) is 0 Å². The van der Waals surface area contributed by atoms with E-state index in [1.54, 1.807) is 12.1 Å². The smallest absolute Gasteiger partial charge is 0.337 e. The average Bonchev–Trinajstić information content (AvgIpc) is 3.32. The number of urea groups is 1. The number of nitrogens with one attached hydrogen (secondary N) is 2. The molecule has 0 radical (unpaired) electrons. The fourth-order valence-electron chi connectivity index (χ4n) is 2.97. The summed E-state index contributed by atoms with van der Waals surface area (Å²) in [7, 11) is 1.26. The van der Waals surface area contributed by atoms with Crippen LogP contribution in [0.4, 0.5) is 4.79 Å². The van der Waals surface area contributed by atoms with E-state index in [1.165, 1.54) is 36.1 Å². The van der Waals surface area contributed by atoms with Crippen LogP contribution in [-0.2, 0) is 16.1 Å². The lowest BCUT2D eigenvalue weighted by molar-refractivity contribution is -0.117. The molecule has 174 valence electrons. The van der Waals surface area contributed by atoms with Crippen molar-refractivity contribution in [2.45, 2.75) is 31.5 Å². The van der Waals surface area contributed by atoms with Crippen LogP contribution in [0.5, 0.6) is 0 Å². The van der Waals surface area contributed by atoms with Crippen molar-refractivity contribution in [1.29, 1.82) is 0 Å². The van der Waals surface area contributed by atoms with Gasteiger partial charge < -0.3 is 14.5 Å². The predicted molar refractivity (Wildman–Crippen MR) is 122 cm³/mol. The van der Waals surface area contributed by atoms with Crippen LogP contribution >= 0.6 is 11.8 Å². The quantitative estimate of drug-likeness (QED) is 0.210. The highest BCUT2D eigenvalue weighted by Crippen LogP contribution is 2.20. The molecule has 33 heavy (non-hydrogen) atoms. The molecule has 0 bridgehead atoms. The zero-order valence-corrected chi connectivity index (χ0v) is 19.1. The van der Waals surface area contributed by atoms with E-state index in [4.69, 9.17) is 9.15 Å². The monoisotopic (exact) mass is 472 g/mol. The first-order chi connectivity index (χ1) is 15.9. The van der Waals surface area contributed by atoms with Gasteiger partial charge in [0.2, 0.25) is 5.91 Å². The largest absolute Gasteiger partial charge is 0.467 e. The number of esters is 1. The highest BCUT2D eigenvalue weighted by Gasteiger charge is 2.17. The summed E-state index contributed by atoms with van der Waals surface area (Å²) in [5.74, 6) is -0.697. The molecule has 0 aliphatic heterocycles. The first kappa shape index (κ1) is 24.1. The predicted octanol–water partition coefficient (Wildman–Crippen LogP) is 2.54. The minimum atomic E-state index is -0.573. The second-order valence-electron chi connectivity index (χ2n) is 7.03. The molecule has 1 aromatic carbocycles. The maximum absolute atomic E-state index is 13.2. The molecular formula is C22H24N4O6S. The van der Waals surface area contributed by atoms with Gasteiger partial charge in [-0.2, -0.15) is 0 Å². The fraction of sp³-hybridized carbons (Fsp3) is 0.318. The molecule has 0 fully saturated rings. The molecule has 3 aromatic rings. The zero-order chi connectivity index (χ0) is 23.8. The lowest BCUT2D eigenvalue weighted by atomic mass is 10.1. The third-order valence-corrected chi connectivity index (χ3v) is 5.61. The van der Waals surface area contributed by atoms with Crippen LogP contribution in [0.15, 0.2) is 51.0 Å². The molecule has 0 unspecified atom stereocenters.